The highest BCUT2D eigenvalue weighted by Crippen LogP contribution is 2.37. The summed E-state index contributed by atoms with van der Waals surface area (Å²) in [5, 5.41) is 6.74. The van der Waals surface area contributed by atoms with Gasteiger partial charge in [-0.1, -0.05) is 36.5 Å². The van der Waals surface area contributed by atoms with Crippen molar-refractivity contribution in [1.29, 1.82) is 0 Å². The normalized spacial score (nSPS) is 14.5. The molecule has 0 unspecified atom stereocenters. The number of amides is 1. The topological polar surface area (TPSA) is 93.5 Å². The van der Waals surface area contributed by atoms with E-state index < -0.39 is 39.2 Å². The first-order chi connectivity index (χ1) is 18.0. The minimum absolute atomic E-state index is 0.0126. The van der Waals surface area contributed by atoms with E-state index in [-0.39, 0.29) is 39.6 Å². The molecule has 1 aliphatic rings. The van der Waals surface area contributed by atoms with Crippen LogP contribution < -0.4 is 9.61 Å². The molecule has 2 aromatic carbocycles. The summed E-state index contributed by atoms with van der Waals surface area (Å²) in [4.78, 5) is 13.2. The van der Waals surface area contributed by atoms with Crippen LogP contribution in [0.25, 0.3) is 16.9 Å². The quantitative estimate of drug-likeness (QED) is 0.341. The van der Waals surface area contributed by atoms with Crippen molar-refractivity contribution in [1.82, 2.24) is 20.2 Å². The van der Waals surface area contributed by atoms with Crippen molar-refractivity contribution in [3.8, 4) is 22.7 Å². The summed E-state index contributed by atoms with van der Waals surface area (Å²) in [6.45, 7) is 4.52. The number of carbonyl (C=O) groups excluding carboxylic acids is 1. The first-order valence-electron chi connectivity index (χ1n) is 12.0. The second-order valence-electron chi connectivity index (χ2n) is 8.90. The van der Waals surface area contributed by atoms with Crippen LogP contribution in [0.5, 0.6) is 5.75 Å². The number of rotatable bonds is 8. The summed E-state index contributed by atoms with van der Waals surface area (Å²) >= 11 is 12.5. The number of nitrogens with one attached hydrogen (secondary N) is 1. The van der Waals surface area contributed by atoms with Gasteiger partial charge in [-0.15, -0.1) is 0 Å². The zero-order chi connectivity index (χ0) is 27.6. The highest BCUT2D eigenvalue weighted by atomic mass is 35.5. The number of hydrazine groups is 1. The maximum Gasteiger partial charge on any atom is 0.309 e. The van der Waals surface area contributed by atoms with Crippen LogP contribution in [-0.2, 0) is 10.1 Å². The van der Waals surface area contributed by atoms with Gasteiger partial charge in [0.2, 0.25) is 5.75 Å². The van der Waals surface area contributed by atoms with Crippen LogP contribution in [0.15, 0.2) is 30.3 Å². The van der Waals surface area contributed by atoms with Crippen LogP contribution in [0.1, 0.15) is 48.7 Å². The molecule has 1 N–H and O–H groups in total. The molecule has 3 aromatic rings. The van der Waals surface area contributed by atoms with Gasteiger partial charge in [0.25, 0.3) is 5.91 Å². The largest absolute Gasteiger partial charge is 0.376 e. The first-order valence-corrected chi connectivity index (χ1v) is 14.4. The molecule has 1 fully saturated rings. The third-order valence-electron chi connectivity index (χ3n) is 6.06. The average molecular weight is 587 g/mol. The molecule has 1 amide bonds. The van der Waals surface area contributed by atoms with Crippen molar-refractivity contribution in [2.24, 2.45) is 0 Å². The molecular formula is C25H26Cl2F2N4O4S. The Bertz CT molecular complexity index is 1470. The number of hydrogen-bond acceptors (Lipinski definition) is 6. The highest BCUT2D eigenvalue weighted by molar-refractivity contribution is 7.87. The van der Waals surface area contributed by atoms with Gasteiger partial charge in [-0.2, -0.15) is 13.5 Å². The van der Waals surface area contributed by atoms with Crippen LogP contribution in [0.3, 0.4) is 0 Å². The highest BCUT2D eigenvalue weighted by Gasteiger charge is 2.29. The number of benzene rings is 2. The van der Waals surface area contributed by atoms with Gasteiger partial charge < -0.3 is 4.18 Å². The summed E-state index contributed by atoms with van der Waals surface area (Å²) in [6.07, 6.45) is 3.14. The van der Waals surface area contributed by atoms with Gasteiger partial charge in [-0.25, -0.2) is 18.5 Å². The van der Waals surface area contributed by atoms with E-state index in [1.807, 2.05) is 0 Å². The van der Waals surface area contributed by atoms with Crippen LogP contribution in [-0.4, -0.2) is 48.0 Å². The fourth-order valence-electron chi connectivity index (χ4n) is 4.27. The first kappa shape index (κ1) is 28.3. The average Bonchev–Trinajstić information content (AvgIpc) is 3.19. The Morgan fingerprint density at radius 2 is 1.84 bits per heavy atom. The van der Waals surface area contributed by atoms with Crippen LogP contribution in [0.2, 0.25) is 10.0 Å². The molecule has 1 aliphatic heterocycles. The molecule has 4 rings (SSSR count). The Labute approximate surface area is 229 Å². The van der Waals surface area contributed by atoms with E-state index in [0.29, 0.717) is 18.1 Å². The Morgan fingerprint density at radius 1 is 1.13 bits per heavy atom. The predicted molar refractivity (Wildman–Crippen MR) is 141 cm³/mol. The minimum atomic E-state index is -4.25. The van der Waals surface area contributed by atoms with Gasteiger partial charge in [0, 0.05) is 29.2 Å². The molecule has 0 radical (unpaired) electrons. The molecule has 0 saturated carbocycles. The van der Waals surface area contributed by atoms with E-state index >= 15 is 4.39 Å². The molecule has 0 atom stereocenters. The van der Waals surface area contributed by atoms with Crippen molar-refractivity contribution in [2.45, 2.75) is 39.5 Å². The maximum absolute atomic E-state index is 15.8. The molecule has 38 heavy (non-hydrogen) atoms. The molecular weight excluding hydrogens is 561 g/mol. The Hall–Kier alpha value is -2.73. The molecule has 13 heteroatoms. The zero-order valence-electron chi connectivity index (χ0n) is 20.7. The lowest BCUT2D eigenvalue weighted by Crippen LogP contribution is -2.45. The Balaban J connectivity index is 1.88. The van der Waals surface area contributed by atoms with Crippen molar-refractivity contribution in [2.75, 3.05) is 18.8 Å². The molecule has 0 spiro atoms. The predicted octanol–water partition coefficient (Wildman–Crippen LogP) is 5.68. The number of halogens is 4. The SMILES string of the molecule is CCCS(=O)(=O)Oc1c(F)ccc(-c2c(C)c(C(=O)NN3CCCCC3)nn2-c2ccc(Cl)cc2Cl)c1F. The zero-order valence-corrected chi connectivity index (χ0v) is 23.1. The number of piperidine rings is 1. The number of nitrogens with zero attached hydrogens (tertiary/aromatic N) is 3. The van der Waals surface area contributed by atoms with Gasteiger partial charge in [-0.3, -0.25) is 10.2 Å². The van der Waals surface area contributed by atoms with E-state index in [1.54, 1.807) is 24.9 Å². The molecule has 0 aliphatic carbocycles. The lowest BCUT2D eigenvalue weighted by Gasteiger charge is -2.26. The molecule has 1 aromatic heterocycles. The van der Waals surface area contributed by atoms with Gasteiger partial charge in [0.1, 0.15) is 0 Å². The molecule has 204 valence electrons. The van der Waals surface area contributed by atoms with E-state index in [0.717, 1.165) is 31.4 Å². The minimum Gasteiger partial charge on any atom is -0.376 e. The van der Waals surface area contributed by atoms with Gasteiger partial charge in [0.05, 0.1) is 22.2 Å². The molecule has 1 saturated heterocycles. The number of hydrogen-bond donors (Lipinski definition) is 1. The Kier molecular flexibility index (Phi) is 8.61. The number of carbonyl (C=O) groups is 1. The van der Waals surface area contributed by atoms with Gasteiger partial charge >= 0.3 is 10.1 Å². The van der Waals surface area contributed by atoms with Crippen molar-refractivity contribution in [3.05, 3.63) is 63.3 Å². The third kappa shape index (κ3) is 5.96. The lowest BCUT2D eigenvalue weighted by molar-refractivity contribution is 0.0743. The summed E-state index contributed by atoms with van der Waals surface area (Å²) < 4.78 is 60.8. The number of aromatic nitrogens is 2. The summed E-state index contributed by atoms with van der Waals surface area (Å²) in [6, 6.07) is 6.56. The van der Waals surface area contributed by atoms with E-state index in [1.165, 1.54) is 16.8 Å². The molecule has 2 heterocycles. The molecule has 0 bridgehead atoms. The van der Waals surface area contributed by atoms with Crippen molar-refractivity contribution >= 4 is 39.2 Å². The maximum atomic E-state index is 15.8. The Morgan fingerprint density at radius 3 is 2.50 bits per heavy atom. The summed E-state index contributed by atoms with van der Waals surface area (Å²) in [5.41, 5.74) is 3.18. The van der Waals surface area contributed by atoms with Crippen molar-refractivity contribution in [3.63, 3.8) is 0 Å². The second-order valence-corrected chi connectivity index (χ2v) is 11.4. The third-order valence-corrected chi connectivity index (χ3v) is 7.93. The lowest BCUT2D eigenvalue weighted by atomic mass is 10.0. The van der Waals surface area contributed by atoms with Gasteiger partial charge in [-0.05, 0) is 56.5 Å². The fourth-order valence-corrected chi connectivity index (χ4v) is 5.75. The van der Waals surface area contributed by atoms with Crippen molar-refractivity contribution < 1.29 is 26.2 Å². The van der Waals surface area contributed by atoms with E-state index in [4.69, 9.17) is 27.4 Å². The van der Waals surface area contributed by atoms with Crippen LogP contribution >= 0.6 is 23.2 Å². The molecule has 8 nitrogen and oxygen atoms in total. The fraction of sp³-hybridized carbons (Fsp3) is 0.360. The second kappa shape index (κ2) is 11.6. The van der Waals surface area contributed by atoms with Crippen LogP contribution in [0, 0.1) is 18.6 Å². The standard InChI is InChI=1S/C25H26Cl2F2N4O4S/c1-3-13-38(35,36)37-24-19(28)9-8-17(21(24)29)23-15(2)22(25(34)31-32-11-5-4-6-12-32)30-33(23)20-10-7-16(26)14-18(20)27/h7-10,14H,3-6,11-13H2,1-2H3,(H,31,34). The summed E-state index contributed by atoms with van der Waals surface area (Å²) in [7, 11) is -4.25. The smallest absolute Gasteiger partial charge is 0.309 e. The van der Waals surface area contributed by atoms with E-state index in [2.05, 4.69) is 10.5 Å². The summed E-state index contributed by atoms with van der Waals surface area (Å²) in [5.74, 6) is -4.46. The van der Waals surface area contributed by atoms with Gasteiger partial charge in [0.15, 0.2) is 17.3 Å². The van der Waals surface area contributed by atoms with Crippen LogP contribution in [0.4, 0.5) is 8.78 Å². The van der Waals surface area contributed by atoms with E-state index in [9.17, 15) is 17.6 Å². The monoisotopic (exact) mass is 586 g/mol.